The Bertz CT molecular complexity index is 1160. The van der Waals surface area contributed by atoms with E-state index in [4.69, 9.17) is 4.74 Å². The quantitative estimate of drug-likeness (QED) is 0.321. The molecule has 208 valence electrons. The van der Waals surface area contributed by atoms with Crippen molar-refractivity contribution >= 4 is 17.2 Å². The molecule has 0 saturated carbocycles. The molecular formula is C32H47N3O2S. The van der Waals surface area contributed by atoms with Gasteiger partial charge in [-0.15, -0.1) is 17.9 Å². The number of rotatable bonds is 9. The van der Waals surface area contributed by atoms with E-state index < -0.39 is 0 Å². The fourth-order valence-corrected chi connectivity index (χ4v) is 8.08. The van der Waals surface area contributed by atoms with E-state index in [1.54, 1.807) is 7.11 Å². The highest BCUT2D eigenvalue weighted by Crippen LogP contribution is 2.42. The molecule has 38 heavy (non-hydrogen) atoms. The van der Waals surface area contributed by atoms with E-state index in [1.807, 2.05) is 23.2 Å². The molecule has 4 heterocycles. The third-order valence-electron chi connectivity index (χ3n) is 8.67. The maximum absolute atomic E-state index is 13.9. The monoisotopic (exact) mass is 537 g/mol. The number of aryl methyl sites for hydroxylation is 3. The molecule has 0 spiro atoms. The Kier molecular flexibility index (Phi) is 9.03. The molecule has 2 aliphatic heterocycles. The predicted molar refractivity (Wildman–Crippen MR) is 159 cm³/mol. The summed E-state index contributed by atoms with van der Waals surface area (Å²) in [6.45, 7) is 22.1. The Morgan fingerprint density at radius 2 is 1.95 bits per heavy atom. The summed E-state index contributed by atoms with van der Waals surface area (Å²) >= 11 is 1.91. The predicted octanol–water partition coefficient (Wildman–Crippen LogP) is 7.08. The number of hydrogen-bond donors (Lipinski definition) is 0. The summed E-state index contributed by atoms with van der Waals surface area (Å²) in [6, 6.07) is 2.08. The van der Waals surface area contributed by atoms with Crippen LogP contribution in [0.1, 0.15) is 94.9 Å². The maximum Gasteiger partial charge on any atom is 0.255 e. The van der Waals surface area contributed by atoms with Crippen molar-refractivity contribution in [1.29, 1.82) is 0 Å². The minimum atomic E-state index is 0.172. The summed E-state index contributed by atoms with van der Waals surface area (Å²) in [6.07, 6.45) is 7.54. The van der Waals surface area contributed by atoms with E-state index >= 15 is 0 Å². The molecule has 0 N–H and O–H groups in total. The van der Waals surface area contributed by atoms with Crippen LogP contribution in [0, 0.1) is 32.1 Å². The molecular weight excluding hydrogens is 490 g/mol. The van der Waals surface area contributed by atoms with Crippen molar-refractivity contribution in [2.75, 3.05) is 33.3 Å². The van der Waals surface area contributed by atoms with Gasteiger partial charge in [0, 0.05) is 34.1 Å². The number of carbonyl (C=O) groups is 1. The molecule has 0 unspecified atom stereocenters. The zero-order chi connectivity index (χ0) is 27.6. The average molecular weight is 538 g/mol. The highest BCUT2D eigenvalue weighted by Gasteiger charge is 2.33. The third kappa shape index (κ3) is 6.17. The van der Waals surface area contributed by atoms with Gasteiger partial charge in [0.1, 0.15) is 0 Å². The number of carbonyl (C=O) groups excluding carboxylic acids is 1. The van der Waals surface area contributed by atoms with Crippen molar-refractivity contribution < 1.29 is 9.53 Å². The molecule has 1 atom stereocenters. The minimum Gasteiger partial charge on any atom is -0.481 e. The third-order valence-corrected chi connectivity index (χ3v) is 10.2. The summed E-state index contributed by atoms with van der Waals surface area (Å²) in [4.78, 5) is 25.9. The van der Waals surface area contributed by atoms with Crippen LogP contribution in [0.4, 0.5) is 0 Å². The first-order valence-corrected chi connectivity index (χ1v) is 15.1. The molecule has 2 aliphatic rings. The Morgan fingerprint density at radius 3 is 2.61 bits per heavy atom. The van der Waals surface area contributed by atoms with Crippen molar-refractivity contribution in [2.24, 2.45) is 11.3 Å². The number of nitrogens with zero attached hydrogens (tertiary/aromatic N) is 3. The van der Waals surface area contributed by atoms with Gasteiger partial charge in [0.05, 0.1) is 19.2 Å². The lowest BCUT2D eigenvalue weighted by molar-refractivity contribution is 0.0746. The summed E-state index contributed by atoms with van der Waals surface area (Å²) in [7, 11) is 1.66. The molecule has 4 rings (SSSR count). The first-order valence-electron chi connectivity index (χ1n) is 14.3. The maximum atomic E-state index is 13.9. The number of thiophene rings is 1. The second-order valence-electron chi connectivity index (χ2n) is 12.3. The van der Waals surface area contributed by atoms with Crippen LogP contribution in [0.2, 0.25) is 0 Å². The van der Waals surface area contributed by atoms with Crippen LogP contribution in [-0.2, 0) is 13.0 Å². The van der Waals surface area contributed by atoms with Gasteiger partial charge in [0.2, 0.25) is 5.88 Å². The van der Waals surface area contributed by atoms with Crippen LogP contribution in [0.15, 0.2) is 18.7 Å². The largest absolute Gasteiger partial charge is 0.481 e. The number of methoxy groups -OCH3 is 1. The van der Waals surface area contributed by atoms with Crippen LogP contribution < -0.4 is 4.74 Å². The van der Waals surface area contributed by atoms with E-state index in [9.17, 15) is 4.79 Å². The highest BCUT2D eigenvalue weighted by molar-refractivity contribution is 7.12. The Hall–Kier alpha value is -2.18. The Morgan fingerprint density at radius 1 is 1.24 bits per heavy atom. The average Bonchev–Trinajstić information content (AvgIpc) is 3.10. The van der Waals surface area contributed by atoms with Crippen LogP contribution in [0.5, 0.6) is 5.88 Å². The molecule has 1 amide bonds. The number of allylic oxidation sites excluding steroid dienone is 1. The summed E-state index contributed by atoms with van der Waals surface area (Å²) in [5, 5.41) is 0. The van der Waals surface area contributed by atoms with Crippen molar-refractivity contribution in [1.82, 2.24) is 14.8 Å². The molecule has 0 aliphatic carbocycles. The normalized spacial score (nSPS) is 18.3. The van der Waals surface area contributed by atoms with Gasteiger partial charge in [-0.3, -0.25) is 4.79 Å². The zero-order valence-corrected chi connectivity index (χ0v) is 25.5. The molecule has 0 aromatic carbocycles. The van der Waals surface area contributed by atoms with E-state index in [0.29, 0.717) is 24.3 Å². The van der Waals surface area contributed by atoms with E-state index in [-0.39, 0.29) is 11.3 Å². The lowest BCUT2D eigenvalue weighted by atomic mass is 9.82. The number of fused-ring (bicyclic) bond motifs is 1. The second-order valence-corrected chi connectivity index (χ2v) is 13.5. The number of hydrogen-bond acceptors (Lipinski definition) is 5. The first kappa shape index (κ1) is 28.8. The first-order chi connectivity index (χ1) is 18.0. The van der Waals surface area contributed by atoms with Gasteiger partial charge >= 0.3 is 0 Å². The van der Waals surface area contributed by atoms with E-state index in [0.717, 1.165) is 67.8 Å². The number of ether oxygens (including phenoxy) is 1. The lowest BCUT2D eigenvalue weighted by Gasteiger charge is -2.38. The highest BCUT2D eigenvalue weighted by atomic mass is 32.1. The number of piperidine rings is 1. The summed E-state index contributed by atoms with van der Waals surface area (Å²) in [5.74, 6) is 1.97. The molecule has 0 bridgehead atoms. The fourth-order valence-electron chi connectivity index (χ4n) is 6.59. The van der Waals surface area contributed by atoms with Gasteiger partial charge in [0.15, 0.2) is 0 Å². The minimum absolute atomic E-state index is 0.172. The molecule has 2 aromatic heterocycles. The van der Waals surface area contributed by atoms with Gasteiger partial charge in [-0.25, -0.2) is 4.98 Å². The van der Waals surface area contributed by atoms with Crippen molar-refractivity contribution in [3.05, 3.63) is 56.4 Å². The number of aromatic nitrogens is 1. The standard InChI is InChI=1S/C32H47N3O2S/c1-9-14-32(6,7)20-34-16-12-25(13-17-34)23(4)29-24(5)28-27(38-29)11-10-15-35(31(28)36)19-26-21(2)18-22(3)33-30(26)37-8/h9,18,23,25H,1,10-17,19-20H2,2-8H3/t23-/m1/s1. The van der Waals surface area contributed by atoms with Gasteiger partial charge in [-0.1, -0.05) is 26.8 Å². The Balaban J connectivity index is 1.49. The molecule has 2 aromatic rings. The molecule has 0 radical (unpaired) electrons. The van der Waals surface area contributed by atoms with Crippen LogP contribution in [0.25, 0.3) is 0 Å². The lowest BCUT2D eigenvalue weighted by Crippen LogP contribution is -2.40. The smallest absolute Gasteiger partial charge is 0.255 e. The Labute approximate surface area is 234 Å². The van der Waals surface area contributed by atoms with Gasteiger partial charge in [-0.2, -0.15) is 0 Å². The SMILES string of the molecule is C=CCC(C)(C)CN1CCC([C@@H](C)c2sc3c(c2C)C(=O)N(Cc2c(C)cc(C)nc2OC)CCC3)CC1. The molecule has 1 fully saturated rings. The van der Waals surface area contributed by atoms with Gasteiger partial charge in [-0.05, 0) is 100 Å². The molecule has 5 nitrogen and oxygen atoms in total. The van der Waals surface area contributed by atoms with Crippen LogP contribution in [0.3, 0.4) is 0 Å². The molecule has 1 saturated heterocycles. The van der Waals surface area contributed by atoms with E-state index in [2.05, 4.69) is 63.2 Å². The van der Waals surface area contributed by atoms with Crippen LogP contribution in [-0.4, -0.2) is 54.0 Å². The number of pyridine rings is 1. The second kappa shape index (κ2) is 11.9. The van der Waals surface area contributed by atoms with Gasteiger partial charge in [0.25, 0.3) is 5.91 Å². The van der Waals surface area contributed by atoms with Crippen molar-refractivity contribution in [2.45, 2.75) is 86.1 Å². The molecule has 6 heteroatoms. The summed E-state index contributed by atoms with van der Waals surface area (Å²) < 4.78 is 5.60. The number of amides is 1. The van der Waals surface area contributed by atoms with Crippen LogP contribution >= 0.6 is 11.3 Å². The zero-order valence-electron chi connectivity index (χ0n) is 24.7. The van der Waals surface area contributed by atoms with Crippen molar-refractivity contribution in [3.63, 3.8) is 0 Å². The topological polar surface area (TPSA) is 45.7 Å². The number of likely N-dealkylation sites (tertiary alicyclic amines) is 1. The fraction of sp³-hybridized carbons (Fsp3) is 0.625. The summed E-state index contributed by atoms with van der Waals surface area (Å²) in [5.41, 5.74) is 5.54. The van der Waals surface area contributed by atoms with E-state index in [1.165, 1.54) is 28.2 Å². The van der Waals surface area contributed by atoms with Gasteiger partial charge < -0.3 is 14.5 Å². The van der Waals surface area contributed by atoms with Crippen molar-refractivity contribution in [3.8, 4) is 5.88 Å².